The predicted octanol–water partition coefficient (Wildman–Crippen LogP) is 4.60. The van der Waals surface area contributed by atoms with Gasteiger partial charge in [-0.25, -0.2) is 0 Å². The molecule has 0 aliphatic rings. The van der Waals surface area contributed by atoms with Crippen molar-refractivity contribution >= 4 is 43.9 Å². The lowest BCUT2D eigenvalue weighted by molar-refractivity contribution is 1.18. The number of thiophene rings is 1. The van der Waals surface area contributed by atoms with E-state index in [9.17, 15) is 0 Å². The number of halogens is 1. The molecule has 0 saturated heterocycles. The van der Waals surface area contributed by atoms with Gasteiger partial charge in [-0.1, -0.05) is 0 Å². The van der Waals surface area contributed by atoms with Crippen LogP contribution in [0.2, 0.25) is 0 Å². The Balaban J connectivity index is 1.78. The zero-order valence-electron chi connectivity index (χ0n) is 9.03. The number of fused-ring (bicyclic) bond motifs is 1. The minimum atomic E-state index is 0.855. The van der Waals surface area contributed by atoms with Crippen molar-refractivity contribution in [3.05, 3.63) is 51.3 Å². The van der Waals surface area contributed by atoms with Gasteiger partial charge in [-0.2, -0.15) is 0 Å². The van der Waals surface area contributed by atoms with Gasteiger partial charge >= 0.3 is 0 Å². The fourth-order valence-corrected chi connectivity index (χ4v) is 3.23. The smallest absolute Gasteiger partial charge is 0.0505 e. The van der Waals surface area contributed by atoms with Crippen molar-refractivity contribution in [1.29, 1.82) is 0 Å². The average molecular weight is 307 g/mol. The van der Waals surface area contributed by atoms with Crippen LogP contribution < -0.4 is 5.32 Å². The van der Waals surface area contributed by atoms with E-state index >= 15 is 0 Å². The van der Waals surface area contributed by atoms with Crippen molar-refractivity contribution in [3.8, 4) is 0 Å². The molecule has 0 aliphatic carbocycles. The third kappa shape index (κ3) is 2.23. The maximum Gasteiger partial charge on any atom is 0.0505 e. The minimum Gasteiger partial charge on any atom is -0.380 e. The molecule has 3 aromatic rings. The SMILES string of the molecule is Brc1ccsc1CNc1ccc2[nH]ccc2c1. The van der Waals surface area contributed by atoms with Gasteiger partial charge in [-0.3, -0.25) is 0 Å². The molecule has 86 valence electrons. The van der Waals surface area contributed by atoms with Crippen LogP contribution >= 0.6 is 27.3 Å². The first kappa shape index (κ1) is 10.9. The normalized spacial score (nSPS) is 10.9. The molecule has 2 N–H and O–H groups in total. The molecular weight excluding hydrogens is 296 g/mol. The Morgan fingerprint density at radius 2 is 2.18 bits per heavy atom. The van der Waals surface area contributed by atoms with Gasteiger partial charge in [0.25, 0.3) is 0 Å². The molecule has 3 rings (SSSR count). The number of benzene rings is 1. The second-order valence-electron chi connectivity index (χ2n) is 3.82. The van der Waals surface area contributed by atoms with E-state index in [2.05, 4.69) is 61.9 Å². The topological polar surface area (TPSA) is 27.8 Å². The number of nitrogens with one attached hydrogen (secondary N) is 2. The molecule has 1 aromatic carbocycles. The second-order valence-corrected chi connectivity index (χ2v) is 5.68. The van der Waals surface area contributed by atoms with Crippen LogP contribution in [-0.4, -0.2) is 4.98 Å². The summed E-state index contributed by atoms with van der Waals surface area (Å²) in [6, 6.07) is 10.5. The molecule has 0 spiro atoms. The van der Waals surface area contributed by atoms with Gasteiger partial charge in [-0.15, -0.1) is 11.3 Å². The molecule has 0 radical (unpaired) electrons. The molecule has 2 nitrogen and oxygen atoms in total. The van der Waals surface area contributed by atoms with Crippen molar-refractivity contribution in [1.82, 2.24) is 4.98 Å². The summed E-state index contributed by atoms with van der Waals surface area (Å²) < 4.78 is 1.18. The van der Waals surface area contributed by atoms with Crippen molar-refractivity contribution in [2.24, 2.45) is 0 Å². The summed E-state index contributed by atoms with van der Waals surface area (Å²) in [5.74, 6) is 0. The van der Waals surface area contributed by atoms with E-state index in [1.807, 2.05) is 6.20 Å². The molecular formula is C13H11BrN2S. The third-order valence-electron chi connectivity index (χ3n) is 2.70. The monoisotopic (exact) mass is 306 g/mol. The lowest BCUT2D eigenvalue weighted by Crippen LogP contribution is -1.97. The standard InChI is InChI=1S/C13H11BrN2S/c14-11-4-6-17-13(11)8-16-10-1-2-12-9(7-10)3-5-15-12/h1-7,15-16H,8H2. The fourth-order valence-electron chi connectivity index (χ4n) is 1.80. The average Bonchev–Trinajstić information content (AvgIpc) is 2.94. The molecule has 4 heteroatoms. The van der Waals surface area contributed by atoms with E-state index < -0.39 is 0 Å². The Morgan fingerprint density at radius 1 is 1.24 bits per heavy atom. The quantitative estimate of drug-likeness (QED) is 0.727. The molecule has 17 heavy (non-hydrogen) atoms. The number of H-pyrrole nitrogens is 1. The van der Waals surface area contributed by atoms with E-state index in [1.54, 1.807) is 11.3 Å². The summed E-state index contributed by atoms with van der Waals surface area (Å²) in [7, 11) is 0. The van der Waals surface area contributed by atoms with Gasteiger partial charge in [0.05, 0.1) is 6.54 Å². The summed E-state index contributed by atoms with van der Waals surface area (Å²) in [5.41, 5.74) is 2.32. The Bertz CT molecular complexity index is 641. The van der Waals surface area contributed by atoms with Crippen LogP contribution in [0.3, 0.4) is 0 Å². The molecule has 0 atom stereocenters. The molecule has 0 fully saturated rings. The first-order valence-corrected chi connectivity index (χ1v) is 7.03. The van der Waals surface area contributed by atoms with E-state index in [0.717, 1.165) is 12.2 Å². The second kappa shape index (κ2) is 4.55. The van der Waals surface area contributed by atoms with Gasteiger partial charge in [0.2, 0.25) is 0 Å². The lowest BCUT2D eigenvalue weighted by Gasteiger charge is -2.05. The first-order valence-electron chi connectivity index (χ1n) is 5.36. The molecule has 2 aromatic heterocycles. The zero-order chi connectivity index (χ0) is 11.7. The molecule has 0 aliphatic heterocycles. The summed E-state index contributed by atoms with van der Waals surface area (Å²) in [5, 5.41) is 6.77. The highest BCUT2D eigenvalue weighted by molar-refractivity contribution is 9.10. The predicted molar refractivity (Wildman–Crippen MR) is 77.6 cm³/mol. The van der Waals surface area contributed by atoms with Gasteiger partial charge in [0.1, 0.15) is 0 Å². The summed E-state index contributed by atoms with van der Waals surface area (Å²) >= 11 is 5.30. The third-order valence-corrected chi connectivity index (χ3v) is 4.62. The highest BCUT2D eigenvalue weighted by Gasteiger charge is 2.01. The maximum absolute atomic E-state index is 3.54. The van der Waals surface area contributed by atoms with Gasteiger partial charge in [-0.05, 0) is 51.6 Å². The molecule has 0 unspecified atom stereocenters. The highest BCUT2D eigenvalue weighted by atomic mass is 79.9. The van der Waals surface area contributed by atoms with Crippen LogP contribution in [0.25, 0.3) is 10.9 Å². The van der Waals surface area contributed by atoms with Crippen LogP contribution in [0, 0.1) is 0 Å². The Kier molecular flexibility index (Phi) is 2.91. The van der Waals surface area contributed by atoms with Crippen LogP contribution in [0.4, 0.5) is 5.69 Å². The molecule has 2 heterocycles. The van der Waals surface area contributed by atoms with Crippen LogP contribution in [0.1, 0.15) is 4.88 Å². The van der Waals surface area contributed by atoms with E-state index in [1.165, 1.54) is 20.3 Å². The first-order chi connectivity index (χ1) is 8.33. The lowest BCUT2D eigenvalue weighted by atomic mass is 10.2. The van der Waals surface area contributed by atoms with Crippen molar-refractivity contribution < 1.29 is 0 Å². The van der Waals surface area contributed by atoms with Crippen molar-refractivity contribution in [2.75, 3.05) is 5.32 Å². The maximum atomic E-state index is 3.54. The Hall–Kier alpha value is -1.26. The van der Waals surface area contributed by atoms with Crippen LogP contribution in [0.5, 0.6) is 0 Å². The van der Waals surface area contributed by atoms with E-state index in [-0.39, 0.29) is 0 Å². The summed E-state index contributed by atoms with van der Waals surface area (Å²) in [6.07, 6.45) is 1.96. The van der Waals surface area contributed by atoms with Crippen LogP contribution in [0.15, 0.2) is 46.4 Å². The van der Waals surface area contributed by atoms with Crippen molar-refractivity contribution in [2.45, 2.75) is 6.54 Å². The summed E-state index contributed by atoms with van der Waals surface area (Å²) in [4.78, 5) is 4.51. The molecule has 0 saturated carbocycles. The van der Waals surface area contributed by atoms with Gasteiger partial charge < -0.3 is 10.3 Å². The Morgan fingerprint density at radius 3 is 3.00 bits per heavy atom. The largest absolute Gasteiger partial charge is 0.380 e. The fraction of sp³-hybridized carbons (Fsp3) is 0.0769. The molecule has 0 amide bonds. The number of aromatic amines is 1. The van der Waals surface area contributed by atoms with Gasteiger partial charge in [0.15, 0.2) is 0 Å². The molecule has 0 bridgehead atoms. The van der Waals surface area contributed by atoms with Crippen LogP contribution in [-0.2, 0) is 6.54 Å². The summed E-state index contributed by atoms with van der Waals surface area (Å²) in [6.45, 7) is 0.855. The van der Waals surface area contributed by atoms with Gasteiger partial charge in [0, 0.05) is 32.1 Å². The number of rotatable bonds is 3. The van der Waals surface area contributed by atoms with E-state index in [0.29, 0.717) is 0 Å². The van der Waals surface area contributed by atoms with E-state index in [4.69, 9.17) is 0 Å². The minimum absolute atomic E-state index is 0.855. The highest BCUT2D eigenvalue weighted by Crippen LogP contribution is 2.24. The number of hydrogen-bond donors (Lipinski definition) is 2. The number of aromatic nitrogens is 1. The number of hydrogen-bond acceptors (Lipinski definition) is 2. The zero-order valence-corrected chi connectivity index (χ0v) is 11.4. The Labute approximate surface area is 112 Å². The van der Waals surface area contributed by atoms with Crippen molar-refractivity contribution in [3.63, 3.8) is 0 Å². The number of anilines is 1.